The number of hydrogen-bond acceptors (Lipinski definition) is 2. The second kappa shape index (κ2) is 13.6. The predicted octanol–water partition coefficient (Wildman–Crippen LogP) is 14.6. The summed E-state index contributed by atoms with van der Waals surface area (Å²) in [7, 11) is 0. The summed E-state index contributed by atoms with van der Waals surface area (Å²) in [6, 6.07) is 34.8. The van der Waals surface area contributed by atoms with Crippen molar-refractivity contribution in [2.45, 2.75) is 182 Å². The molecule has 1 aliphatic carbocycles. The Balaban J connectivity index is 1.54. The van der Waals surface area contributed by atoms with Crippen molar-refractivity contribution in [3.8, 4) is 0 Å². The third kappa shape index (κ3) is 7.38. The van der Waals surface area contributed by atoms with Gasteiger partial charge in [0, 0.05) is 34.1 Å². The van der Waals surface area contributed by atoms with Gasteiger partial charge in [-0.05, 0) is 155 Å². The number of benzene rings is 5. The first kappa shape index (κ1) is 43.4. The fourth-order valence-electron chi connectivity index (χ4n) is 10.2. The lowest BCUT2D eigenvalue weighted by atomic mass is 9.33. The molecule has 0 saturated heterocycles. The van der Waals surface area contributed by atoms with Crippen molar-refractivity contribution < 1.29 is 0 Å². The van der Waals surface area contributed by atoms with Crippen LogP contribution in [0.25, 0.3) is 0 Å². The molecule has 0 saturated carbocycles. The second-order valence-electron chi connectivity index (χ2n) is 25.6. The van der Waals surface area contributed by atoms with Crippen LogP contribution in [0.5, 0.6) is 0 Å². The van der Waals surface area contributed by atoms with Gasteiger partial charge in [0.25, 0.3) is 6.71 Å². The molecular weight excluding hydrogens is 735 g/mol. The Hall–Kier alpha value is -4.24. The number of hydrogen-bond donors (Lipinski definition) is 0. The third-order valence-corrected chi connectivity index (χ3v) is 14.6. The Kier molecular flexibility index (Phi) is 9.70. The molecule has 2 nitrogen and oxygen atoms in total. The third-order valence-electron chi connectivity index (χ3n) is 14.6. The molecule has 2 aliphatic heterocycles. The smallest absolute Gasteiger partial charge is 0.252 e. The van der Waals surface area contributed by atoms with Gasteiger partial charge in [0.05, 0.1) is 0 Å². The molecule has 320 valence electrons. The van der Waals surface area contributed by atoms with Crippen molar-refractivity contribution in [3.05, 3.63) is 124 Å². The van der Waals surface area contributed by atoms with E-state index in [1.54, 1.807) is 0 Å². The van der Waals surface area contributed by atoms with Gasteiger partial charge in [0.15, 0.2) is 0 Å². The van der Waals surface area contributed by atoms with Crippen LogP contribution in [-0.4, -0.2) is 6.71 Å². The Labute approximate surface area is 371 Å². The quantitative estimate of drug-likeness (QED) is 0.161. The summed E-state index contributed by atoms with van der Waals surface area (Å²) >= 11 is 0. The highest BCUT2D eigenvalue weighted by atomic mass is 15.2. The molecule has 5 aromatic rings. The van der Waals surface area contributed by atoms with Crippen LogP contribution in [0.15, 0.2) is 84.9 Å². The van der Waals surface area contributed by atoms with Gasteiger partial charge >= 0.3 is 0 Å². The highest BCUT2D eigenvalue weighted by molar-refractivity contribution is 7.00. The van der Waals surface area contributed by atoms with Crippen LogP contribution in [0, 0.1) is 0 Å². The van der Waals surface area contributed by atoms with Gasteiger partial charge in [-0.15, -0.1) is 0 Å². The zero-order valence-electron chi connectivity index (χ0n) is 41.5. The molecule has 0 amide bonds. The molecule has 3 heteroatoms. The lowest BCUT2D eigenvalue weighted by Crippen LogP contribution is -2.62. The van der Waals surface area contributed by atoms with Gasteiger partial charge in [-0.3, -0.25) is 0 Å². The Bertz CT molecular complexity index is 2500. The maximum atomic E-state index is 2.68. The largest absolute Gasteiger partial charge is 0.311 e. The molecule has 2 heterocycles. The SMILES string of the molecule is CC(C)(C)c1cc(N2c3ccc(C(C)(C)C)cc3B3c4cc5c(cc4N(c4cc(C(C)(C)C)cc(C(C)(C)C)c4)c4cccc2c43)C(C)(C)CCC5(C)C)cc(C(C)(C)C)c1. The van der Waals surface area contributed by atoms with E-state index < -0.39 is 0 Å². The van der Waals surface area contributed by atoms with E-state index in [-0.39, 0.29) is 44.6 Å². The van der Waals surface area contributed by atoms with E-state index >= 15 is 0 Å². The minimum absolute atomic E-state index is 0.00659. The molecule has 3 aliphatic rings. The predicted molar refractivity (Wildman–Crippen MR) is 269 cm³/mol. The van der Waals surface area contributed by atoms with Gasteiger partial charge in [0.2, 0.25) is 0 Å². The standard InChI is InChI=1S/C58H75BN2/c1-52(2,3)36-23-24-47-45(33-36)59-46-34-43-44(58(18,19)26-25-57(43,16)17)35-50(46)61(42-31-39(55(10,11)12)28-40(32-42)56(13,14)15)49-22-20-21-48(51(49)59)60(47)41-29-37(53(4,5)6)27-38(30-41)54(7,8)9/h20-24,27-35H,25-26H2,1-19H3. The minimum Gasteiger partial charge on any atom is -0.311 e. The average Bonchev–Trinajstić information content (AvgIpc) is 3.13. The number of nitrogens with zero attached hydrogens (tertiary/aromatic N) is 2. The molecule has 0 spiro atoms. The Morgan fingerprint density at radius 2 is 0.770 bits per heavy atom. The van der Waals surface area contributed by atoms with Crippen molar-refractivity contribution in [1.29, 1.82) is 0 Å². The van der Waals surface area contributed by atoms with E-state index in [0.717, 1.165) is 0 Å². The number of anilines is 6. The average molecular weight is 811 g/mol. The van der Waals surface area contributed by atoms with Crippen LogP contribution < -0.4 is 26.2 Å². The maximum absolute atomic E-state index is 2.68. The van der Waals surface area contributed by atoms with E-state index in [1.165, 1.54) is 102 Å². The molecule has 0 radical (unpaired) electrons. The molecule has 0 fully saturated rings. The zero-order chi connectivity index (χ0) is 44.8. The summed E-state index contributed by atoms with van der Waals surface area (Å²) < 4.78 is 0. The lowest BCUT2D eigenvalue weighted by Gasteiger charge is -2.47. The zero-order valence-corrected chi connectivity index (χ0v) is 41.5. The van der Waals surface area contributed by atoms with Crippen LogP contribution in [-0.2, 0) is 37.9 Å². The van der Waals surface area contributed by atoms with Gasteiger partial charge in [-0.1, -0.05) is 168 Å². The van der Waals surface area contributed by atoms with Crippen molar-refractivity contribution in [3.63, 3.8) is 0 Å². The first-order valence-electron chi connectivity index (χ1n) is 23.3. The molecule has 0 N–H and O–H groups in total. The summed E-state index contributed by atoms with van der Waals surface area (Å²) in [6.07, 6.45) is 2.36. The highest BCUT2D eigenvalue weighted by Gasteiger charge is 2.47. The summed E-state index contributed by atoms with van der Waals surface area (Å²) in [5.74, 6) is 0. The van der Waals surface area contributed by atoms with Crippen LogP contribution in [0.2, 0.25) is 0 Å². The van der Waals surface area contributed by atoms with Crippen molar-refractivity contribution in [1.82, 2.24) is 0 Å². The monoisotopic (exact) mass is 811 g/mol. The van der Waals surface area contributed by atoms with Crippen molar-refractivity contribution >= 4 is 57.2 Å². The van der Waals surface area contributed by atoms with Gasteiger partial charge < -0.3 is 9.80 Å². The number of fused-ring (bicyclic) bond motifs is 5. The van der Waals surface area contributed by atoms with Crippen LogP contribution >= 0.6 is 0 Å². The van der Waals surface area contributed by atoms with Crippen LogP contribution in [0.3, 0.4) is 0 Å². The van der Waals surface area contributed by atoms with E-state index in [1.807, 2.05) is 0 Å². The van der Waals surface area contributed by atoms with E-state index in [2.05, 4.69) is 226 Å². The summed E-state index contributed by atoms with van der Waals surface area (Å²) in [6.45, 7) is 45.4. The van der Waals surface area contributed by atoms with Crippen molar-refractivity contribution in [2.24, 2.45) is 0 Å². The lowest BCUT2D eigenvalue weighted by molar-refractivity contribution is 0.332. The first-order valence-corrected chi connectivity index (χ1v) is 23.3. The van der Waals surface area contributed by atoms with Crippen LogP contribution in [0.4, 0.5) is 34.1 Å². The normalized spacial score (nSPS) is 17.1. The summed E-state index contributed by atoms with van der Waals surface area (Å²) in [5, 5.41) is 0. The first-order chi connectivity index (χ1) is 27.9. The van der Waals surface area contributed by atoms with Gasteiger partial charge in [-0.2, -0.15) is 0 Å². The highest BCUT2D eigenvalue weighted by Crippen LogP contribution is 2.51. The molecule has 5 aromatic carbocycles. The molecule has 0 unspecified atom stereocenters. The van der Waals surface area contributed by atoms with E-state index in [0.29, 0.717) is 0 Å². The molecule has 0 aromatic heterocycles. The van der Waals surface area contributed by atoms with Gasteiger partial charge in [-0.25, -0.2) is 0 Å². The molecular formula is C58H75BN2. The summed E-state index contributed by atoms with van der Waals surface area (Å²) in [4.78, 5) is 5.30. The van der Waals surface area contributed by atoms with E-state index in [4.69, 9.17) is 0 Å². The van der Waals surface area contributed by atoms with Gasteiger partial charge in [0.1, 0.15) is 0 Å². The molecule has 61 heavy (non-hydrogen) atoms. The fraction of sp³-hybridized carbons (Fsp3) is 0.483. The van der Waals surface area contributed by atoms with E-state index in [9.17, 15) is 0 Å². The second-order valence-corrected chi connectivity index (χ2v) is 25.6. The topological polar surface area (TPSA) is 6.48 Å². The van der Waals surface area contributed by atoms with Crippen LogP contribution in [0.1, 0.15) is 183 Å². The van der Waals surface area contributed by atoms with Crippen molar-refractivity contribution in [2.75, 3.05) is 9.80 Å². The molecule has 0 bridgehead atoms. The Morgan fingerprint density at radius 3 is 1.18 bits per heavy atom. The number of rotatable bonds is 2. The molecule has 0 atom stereocenters. The molecule has 8 rings (SSSR count). The summed E-state index contributed by atoms with van der Waals surface area (Å²) in [5.41, 5.74) is 21.9. The fourth-order valence-corrected chi connectivity index (χ4v) is 10.2. The Morgan fingerprint density at radius 1 is 0.393 bits per heavy atom. The maximum Gasteiger partial charge on any atom is 0.252 e. The minimum atomic E-state index is -0.0168.